The lowest BCUT2D eigenvalue weighted by atomic mass is 10.1. The van der Waals surface area contributed by atoms with Crippen molar-refractivity contribution in [3.8, 4) is 0 Å². The molecule has 98 valence electrons. The minimum Gasteiger partial charge on any atom is -0.480 e. The quantitative estimate of drug-likeness (QED) is 0.798. The smallest absolute Gasteiger partial charge is 0.326 e. The Morgan fingerprint density at radius 1 is 1.47 bits per heavy atom. The molecule has 0 aromatic heterocycles. The van der Waals surface area contributed by atoms with Gasteiger partial charge in [0, 0.05) is 18.8 Å². The van der Waals surface area contributed by atoms with E-state index in [0.717, 1.165) is 17.9 Å². The van der Waals surface area contributed by atoms with Crippen LogP contribution in [0.5, 0.6) is 0 Å². The molecule has 0 radical (unpaired) electrons. The van der Waals surface area contributed by atoms with Crippen LogP contribution in [0.3, 0.4) is 0 Å². The molecule has 0 bridgehead atoms. The molecule has 1 fully saturated rings. The second-order valence-electron chi connectivity index (χ2n) is 4.64. The summed E-state index contributed by atoms with van der Waals surface area (Å²) in [5, 5.41) is 11.6. The lowest BCUT2D eigenvalue weighted by molar-refractivity contribution is -0.140. The van der Waals surface area contributed by atoms with Gasteiger partial charge in [0.2, 0.25) is 0 Å². The van der Waals surface area contributed by atoms with Gasteiger partial charge in [-0.15, -0.1) is 0 Å². The van der Waals surface area contributed by atoms with Gasteiger partial charge in [0.1, 0.15) is 6.04 Å². The molecule has 0 spiro atoms. The fraction of sp³-hybridized carbons (Fsp3) is 0.818. The maximum Gasteiger partial charge on any atom is 0.326 e. The summed E-state index contributed by atoms with van der Waals surface area (Å²) in [6.07, 6.45) is 0.980. The number of urea groups is 1. The number of carbonyl (C=O) groups excluding carboxylic acids is 1. The molecule has 1 aliphatic rings. The Hall–Kier alpha value is -0.910. The molecule has 1 heterocycles. The summed E-state index contributed by atoms with van der Waals surface area (Å²) in [6.45, 7) is 3.56. The highest BCUT2D eigenvalue weighted by Gasteiger charge is 2.28. The number of carboxylic acids is 1. The number of nitrogens with one attached hydrogen (secondary N) is 1. The predicted octanol–water partition coefficient (Wildman–Crippen LogP) is 1.24. The Morgan fingerprint density at radius 3 is 2.53 bits per heavy atom. The molecule has 1 saturated heterocycles. The maximum absolute atomic E-state index is 11.9. The van der Waals surface area contributed by atoms with Crippen LogP contribution < -0.4 is 5.32 Å². The number of hydrogen-bond donors (Lipinski definition) is 2. The number of thioether (sulfide) groups is 1. The lowest BCUT2D eigenvalue weighted by Crippen LogP contribution is -2.51. The summed E-state index contributed by atoms with van der Waals surface area (Å²) in [5.74, 6) is 0.892. The Kier molecular flexibility index (Phi) is 5.11. The highest BCUT2D eigenvalue weighted by molar-refractivity contribution is 7.99. The van der Waals surface area contributed by atoms with Crippen molar-refractivity contribution < 1.29 is 14.7 Å². The average molecular weight is 260 g/mol. The summed E-state index contributed by atoms with van der Waals surface area (Å²) in [6, 6.07) is -0.890. The van der Waals surface area contributed by atoms with Crippen molar-refractivity contribution in [1.29, 1.82) is 0 Å². The van der Waals surface area contributed by atoms with Gasteiger partial charge in [-0.1, -0.05) is 13.8 Å². The number of nitrogens with zero attached hydrogens (tertiary/aromatic N) is 1. The van der Waals surface area contributed by atoms with E-state index >= 15 is 0 Å². The van der Waals surface area contributed by atoms with Gasteiger partial charge in [0.05, 0.1) is 0 Å². The predicted molar refractivity (Wildman–Crippen MR) is 68.3 cm³/mol. The van der Waals surface area contributed by atoms with Gasteiger partial charge in [0.15, 0.2) is 0 Å². The van der Waals surface area contributed by atoms with E-state index in [9.17, 15) is 9.59 Å². The Morgan fingerprint density at radius 2 is 2.12 bits per heavy atom. The first-order valence-electron chi connectivity index (χ1n) is 5.77. The molecule has 0 aromatic rings. The van der Waals surface area contributed by atoms with Crippen molar-refractivity contribution in [3.05, 3.63) is 0 Å². The number of hydrogen-bond acceptors (Lipinski definition) is 3. The molecule has 1 rings (SSSR count). The molecule has 1 unspecified atom stereocenters. The summed E-state index contributed by atoms with van der Waals surface area (Å²) in [7, 11) is 1.73. The zero-order valence-corrected chi connectivity index (χ0v) is 11.3. The molecular formula is C11H20N2O3S. The van der Waals surface area contributed by atoms with Gasteiger partial charge in [-0.3, -0.25) is 0 Å². The van der Waals surface area contributed by atoms with Gasteiger partial charge in [-0.2, -0.15) is 11.8 Å². The molecule has 1 aliphatic heterocycles. The molecule has 0 aromatic carbocycles. The largest absolute Gasteiger partial charge is 0.480 e. The SMILES string of the molecule is CC(C)[C@H](NC(=O)N(C)C1CCSC1)C(=O)O. The number of carboxylic acid groups (broad SMARTS) is 1. The minimum atomic E-state index is -0.984. The maximum atomic E-state index is 11.9. The van der Waals surface area contributed by atoms with Gasteiger partial charge in [-0.25, -0.2) is 9.59 Å². The van der Waals surface area contributed by atoms with Crippen molar-refractivity contribution in [2.24, 2.45) is 5.92 Å². The molecule has 6 heteroatoms. The molecule has 2 N–H and O–H groups in total. The first kappa shape index (κ1) is 14.2. The van der Waals surface area contributed by atoms with E-state index in [1.807, 2.05) is 11.8 Å². The first-order valence-corrected chi connectivity index (χ1v) is 6.92. The molecular weight excluding hydrogens is 240 g/mol. The molecule has 17 heavy (non-hydrogen) atoms. The van der Waals surface area contributed by atoms with E-state index < -0.39 is 12.0 Å². The Balaban J connectivity index is 2.54. The second-order valence-corrected chi connectivity index (χ2v) is 5.79. The van der Waals surface area contributed by atoms with Gasteiger partial charge in [-0.05, 0) is 18.1 Å². The molecule has 0 saturated carbocycles. The minimum absolute atomic E-state index is 0.122. The third-order valence-electron chi connectivity index (χ3n) is 2.99. The van der Waals surface area contributed by atoms with Crippen molar-refractivity contribution in [2.45, 2.75) is 32.4 Å². The zero-order valence-electron chi connectivity index (χ0n) is 10.5. The summed E-state index contributed by atoms with van der Waals surface area (Å²) < 4.78 is 0. The van der Waals surface area contributed by atoms with E-state index in [1.165, 1.54) is 0 Å². The first-order chi connectivity index (χ1) is 7.93. The fourth-order valence-corrected chi connectivity index (χ4v) is 3.01. The number of aliphatic carboxylic acids is 1. The van der Waals surface area contributed by atoms with Crippen LogP contribution in [0, 0.1) is 5.92 Å². The van der Waals surface area contributed by atoms with Gasteiger partial charge >= 0.3 is 12.0 Å². The molecule has 5 nitrogen and oxygen atoms in total. The highest BCUT2D eigenvalue weighted by atomic mass is 32.2. The normalized spacial score (nSPS) is 21.3. The van der Waals surface area contributed by atoms with Crippen molar-refractivity contribution in [2.75, 3.05) is 18.6 Å². The van der Waals surface area contributed by atoms with Crippen LogP contribution in [-0.4, -0.2) is 52.6 Å². The molecule has 2 amide bonds. The fourth-order valence-electron chi connectivity index (χ4n) is 1.74. The summed E-state index contributed by atoms with van der Waals surface area (Å²) in [4.78, 5) is 24.5. The van der Waals surface area contributed by atoms with Crippen LogP contribution in [0.15, 0.2) is 0 Å². The average Bonchev–Trinajstić information content (AvgIpc) is 2.76. The molecule has 2 atom stereocenters. The monoisotopic (exact) mass is 260 g/mol. The van der Waals surface area contributed by atoms with E-state index in [1.54, 1.807) is 25.8 Å². The van der Waals surface area contributed by atoms with E-state index in [-0.39, 0.29) is 18.0 Å². The van der Waals surface area contributed by atoms with Crippen LogP contribution in [-0.2, 0) is 4.79 Å². The molecule has 0 aliphatic carbocycles. The van der Waals surface area contributed by atoms with Crippen LogP contribution >= 0.6 is 11.8 Å². The van der Waals surface area contributed by atoms with Crippen molar-refractivity contribution >= 4 is 23.8 Å². The standard InChI is InChI=1S/C11H20N2O3S/c1-7(2)9(10(14)15)12-11(16)13(3)8-4-5-17-6-8/h7-9H,4-6H2,1-3H3,(H,12,16)(H,14,15)/t8?,9-/m0/s1. The summed E-state index contributed by atoms with van der Waals surface area (Å²) >= 11 is 1.82. The van der Waals surface area contributed by atoms with E-state index in [0.29, 0.717) is 0 Å². The zero-order chi connectivity index (χ0) is 13.0. The Labute approximate surface area is 106 Å². The summed E-state index contributed by atoms with van der Waals surface area (Å²) in [5.41, 5.74) is 0. The third-order valence-corrected chi connectivity index (χ3v) is 4.13. The second kappa shape index (κ2) is 6.14. The van der Waals surface area contributed by atoms with Crippen LogP contribution in [0.4, 0.5) is 4.79 Å². The van der Waals surface area contributed by atoms with Gasteiger partial charge in [0.25, 0.3) is 0 Å². The van der Waals surface area contributed by atoms with E-state index in [2.05, 4.69) is 5.32 Å². The topological polar surface area (TPSA) is 69.6 Å². The van der Waals surface area contributed by atoms with Crippen molar-refractivity contribution in [3.63, 3.8) is 0 Å². The highest BCUT2D eigenvalue weighted by Crippen LogP contribution is 2.21. The number of carbonyl (C=O) groups is 2. The van der Waals surface area contributed by atoms with Crippen molar-refractivity contribution in [1.82, 2.24) is 10.2 Å². The number of amides is 2. The van der Waals surface area contributed by atoms with Gasteiger partial charge < -0.3 is 15.3 Å². The lowest BCUT2D eigenvalue weighted by Gasteiger charge is -2.27. The third kappa shape index (κ3) is 3.80. The van der Waals surface area contributed by atoms with Crippen LogP contribution in [0.1, 0.15) is 20.3 Å². The van der Waals surface area contributed by atoms with Crippen LogP contribution in [0.2, 0.25) is 0 Å². The Bertz CT molecular complexity index is 290. The van der Waals surface area contributed by atoms with E-state index in [4.69, 9.17) is 5.11 Å². The number of rotatable bonds is 4. The van der Waals surface area contributed by atoms with Crippen LogP contribution in [0.25, 0.3) is 0 Å².